The molecule has 46 heavy (non-hydrogen) atoms. The van der Waals surface area contributed by atoms with Gasteiger partial charge in [0.1, 0.15) is 24.4 Å². The lowest BCUT2D eigenvalue weighted by atomic mass is 9.95. The van der Waals surface area contributed by atoms with Gasteiger partial charge in [0.25, 0.3) is 0 Å². The summed E-state index contributed by atoms with van der Waals surface area (Å²) in [5.74, 6) is -4.98. The van der Waals surface area contributed by atoms with Crippen LogP contribution >= 0.6 is 0 Å². The minimum Gasteiger partial charge on any atom is -0.457 e. The molecule has 24 heteroatoms. The molecule has 4 N–H and O–H groups in total. The van der Waals surface area contributed by atoms with E-state index in [0.29, 0.717) is 0 Å². The van der Waals surface area contributed by atoms with Crippen molar-refractivity contribution in [2.45, 2.75) is 96.0 Å². The van der Waals surface area contributed by atoms with Crippen molar-refractivity contribution in [3.8, 4) is 0 Å². The summed E-state index contributed by atoms with van der Waals surface area (Å²) in [4.78, 5) is 60.2. The van der Waals surface area contributed by atoms with Gasteiger partial charge in [0.15, 0.2) is 37.0 Å². The fourth-order valence-electron chi connectivity index (χ4n) is 4.50. The SMILES string of the molecule is CC(=O)N[C@@H]1[C@@H](OC(C)=O)[C@H](O[C@@H]2O[C@H](COS(=O)(=O)O)[C@H](OC(C)=O)[C@H](OC(C)=O)C2OC(C)=O)[C@@H](COS(=O)(=O)O)O[C@H]1O. The Bertz CT molecular complexity index is 1350. The third-order valence-corrected chi connectivity index (χ3v) is 6.76. The molecule has 0 aromatic heterocycles. The summed E-state index contributed by atoms with van der Waals surface area (Å²) in [6.45, 7) is 2.35. The lowest BCUT2D eigenvalue weighted by molar-refractivity contribution is -0.346. The third kappa shape index (κ3) is 12.3. The molecule has 2 heterocycles. The average molecular weight is 712 g/mol. The van der Waals surface area contributed by atoms with Gasteiger partial charge in [-0.1, -0.05) is 0 Å². The summed E-state index contributed by atoms with van der Waals surface area (Å²) in [6, 6.07) is -1.64. The van der Waals surface area contributed by atoms with Crippen molar-refractivity contribution in [2.75, 3.05) is 13.2 Å². The molecule has 22 nitrogen and oxygen atoms in total. The van der Waals surface area contributed by atoms with Crippen LogP contribution in [-0.4, -0.2) is 135 Å². The van der Waals surface area contributed by atoms with E-state index in [4.69, 9.17) is 42.3 Å². The second-order valence-corrected chi connectivity index (χ2v) is 11.8. The molecule has 2 aliphatic heterocycles. The average Bonchev–Trinajstić information content (AvgIpc) is 2.86. The van der Waals surface area contributed by atoms with E-state index in [1.165, 1.54) is 0 Å². The van der Waals surface area contributed by atoms with Crippen LogP contribution in [-0.2, 0) is 86.3 Å². The topological polar surface area (TPSA) is 309 Å². The van der Waals surface area contributed by atoms with E-state index < -0.39 is 125 Å². The molecule has 0 bridgehead atoms. The van der Waals surface area contributed by atoms with Crippen LogP contribution in [0.15, 0.2) is 0 Å². The molecule has 1 amide bonds. The van der Waals surface area contributed by atoms with Crippen molar-refractivity contribution in [2.24, 2.45) is 0 Å². The van der Waals surface area contributed by atoms with Gasteiger partial charge in [0.05, 0.1) is 13.2 Å². The molecule has 10 atom stereocenters. The van der Waals surface area contributed by atoms with E-state index in [2.05, 4.69) is 13.7 Å². The summed E-state index contributed by atoms with van der Waals surface area (Å²) in [5, 5.41) is 12.8. The molecule has 0 radical (unpaired) electrons. The van der Waals surface area contributed by atoms with Crippen LogP contribution in [0.3, 0.4) is 0 Å². The number of rotatable bonds is 13. The smallest absolute Gasteiger partial charge is 0.397 e. The molecule has 264 valence electrons. The summed E-state index contributed by atoms with van der Waals surface area (Å²) in [5.41, 5.74) is 0. The maximum absolute atomic E-state index is 12.1. The van der Waals surface area contributed by atoms with Gasteiger partial charge in [-0.25, -0.2) is 8.37 Å². The van der Waals surface area contributed by atoms with Gasteiger partial charge >= 0.3 is 44.7 Å². The van der Waals surface area contributed by atoms with E-state index in [1.807, 2.05) is 0 Å². The Morgan fingerprint density at radius 3 is 1.48 bits per heavy atom. The van der Waals surface area contributed by atoms with Crippen molar-refractivity contribution in [3.63, 3.8) is 0 Å². The van der Waals surface area contributed by atoms with Gasteiger partial charge in [0.2, 0.25) is 5.91 Å². The highest BCUT2D eigenvalue weighted by Crippen LogP contribution is 2.34. The maximum Gasteiger partial charge on any atom is 0.397 e. The van der Waals surface area contributed by atoms with Crippen LogP contribution in [0.5, 0.6) is 0 Å². The van der Waals surface area contributed by atoms with Gasteiger partial charge in [-0.15, -0.1) is 0 Å². The molecular weight excluding hydrogens is 678 g/mol. The first-order chi connectivity index (χ1) is 21.1. The van der Waals surface area contributed by atoms with Gasteiger partial charge in [-0.2, -0.15) is 16.8 Å². The molecule has 0 aliphatic carbocycles. The Morgan fingerprint density at radius 1 is 0.630 bits per heavy atom. The zero-order valence-corrected chi connectivity index (χ0v) is 26.3. The summed E-state index contributed by atoms with van der Waals surface area (Å²) in [6.07, 6.45) is -17.0. The number of hydrogen-bond donors (Lipinski definition) is 4. The minimum atomic E-state index is -5.17. The largest absolute Gasteiger partial charge is 0.457 e. The molecule has 2 rings (SSSR count). The Kier molecular flexibility index (Phi) is 13.7. The highest BCUT2D eigenvalue weighted by molar-refractivity contribution is 7.81. The molecular formula is C22H33NO21S2. The Balaban J connectivity index is 2.71. The molecule has 0 aromatic rings. The van der Waals surface area contributed by atoms with Crippen LogP contribution in [0.1, 0.15) is 34.6 Å². The van der Waals surface area contributed by atoms with E-state index >= 15 is 0 Å². The lowest BCUT2D eigenvalue weighted by Gasteiger charge is -2.48. The standard InChI is InChI=1S/C22H33NO21S2/c1-8(24)23-15-18(39-10(3)26)16(13(42-21(15)29)6-36-45(30,31)32)44-22-20(41-12(5)28)19(40-11(4)27)17(38-9(2)25)14(43-22)7-37-46(33,34)35/h13-22,29H,6-7H2,1-5H3,(H,23,24)(H,30,31,32)(H,33,34,35)/t13-,14-,15-,16-,17+,18-,19+,20?,21-,22+/m1/s1. The monoisotopic (exact) mass is 711 g/mol. The number of carbonyl (C=O) groups excluding carboxylic acids is 5. The van der Waals surface area contributed by atoms with Crippen molar-refractivity contribution in [1.82, 2.24) is 5.32 Å². The number of hydrogen-bond acceptors (Lipinski definition) is 19. The van der Waals surface area contributed by atoms with Crippen LogP contribution in [0.25, 0.3) is 0 Å². The lowest BCUT2D eigenvalue weighted by Crippen LogP contribution is -2.68. The zero-order valence-electron chi connectivity index (χ0n) is 24.7. The van der Waals surface area contributed by atoms with Crippen molar-refractivity contribution < 1.29 is 96.5 Å². The van der Waals surface area contributed by atoms with Crippen molar-refractivity contribution >= 4 is 50.6 Å². The first-order valence-electron chi connectivity index (χ1n) is 12.9. The number of nitrogens with one attached hydrogen (secondary N) is 1. The summed E-state index contributed by atoms with van der Waals surface area (Å²) < 4.78 is 110. The molecule has 0 saturated carbocycles. The van der Waals surface area contributed by atoms with Gasteiger partial charge in [0, 0.05) is 34.6 Å². The minimum absolute atomic E-state index is 0.788. The quantitative estimate of drug-likeness (QED) is 0.0825. The molecule has 0 spiro atoms. The molecule has 2 saturated heterocycles. The Morgan fingerprint density at radius 2 is 1.04 bits per heavy atom. The van der Waals surface area contributed by atoms with Crippen LogP contribution < -0.4 is 5.32 Å². The van der Waals surface area contributed by atoms with Crippen LogP contribution in [0, 0.1) is 0 Å². The Labute approximate surface area is 261 Å². The molecule has 0 aromatic carbocycles. The van der Waals surface area contributed by atoms with Crippen LogP contribution in [0.4, 0.5) is 0 Å². The highest BCUT2D eigenvalue weighted by Gasteiger charge is 2.56. The highest BCUT2D eigenvalue weighted by atomic mass is 32.3. The maximum atomic E-state index is 12.1. The second kappa shape index (κ2) is 16.2. The van der Waals surface area contributed by atoms with Gasteiger partial charge in [-0.05, 0) is 0 Å². The van der Waals surface area contributed by atoms with Crippen molar-refractivity contribution in [3.05, 3.63) is 0 Å². The number of amides is 1. The number of carbonyl (C=O) groups is 5. The molecule has 1 unspecified atom stereocenters. The fraction of sp³-hybridized carbons (Fsp3) is 0.773. The van der Waals surface area contributed by atoms with E-state index in [-0.39, 0.29) is 0 Å². The predicted molar refractivity (Wildman–Crippen MR) is 139 cm³/mol. The summed E-state index contributed by atoms with van der Waals surface area (Å²) in [7, 11) is -10.3. The van der Waals surface area contributed by atoms with Crippen LogP contribution in [0.2, 0.25) is 0 Å². The first kappa shape index (κ1) is 39.1. The fourth-order valence-corrected chi connectivity index (χ4v) is 5.11. The normalized spacial score (nSPS) is 31.7. The second-order valence-electron chi connectivity index (χ2n) is 9.66. The zero-order chi connectivity index (χ0) is 35.1. The Hall–Kier alpha value is -3.07. The number of esters is 4. The number of ether oxygens (including phenoxy) is 7. The van der Waals surface area contributed by atoms with Crippen molar-refractivity contribution in [1.29, 1.82) is 0 Å². The number of aliphatic hydroxyl groups excluding tert-OH is 1. The molecule has 2 aliphatic rings. The summed E-state index contributed by atoms with van der Waals surface area (Å²) >= 11 is 0. The predicted octanol–water partition coefficient (Wildman–Crippen LogP) is -3.32. The van der Waals surface area contributed by atoms with E-state index in [9.17, 15) is 45.9 Å². The van der Waals surface area contributed by atoms with E-state index in [0.717, 1.165) is 34.6 Å². The number of aliphatic hydroxyl groups is 1. The third-order valence-electron chi connectivity index (χ3n) is 5.89. The van der Waals surface area contributed by atoms with Gasteiger partial charge < -0.3 is 43.6 Å². The van der Waals surface area contributed by atoms with Gasteiger partial charge in [-0.3, -0.25) is 33.1 Å². The molecule has 2 fully saturated rings. The first-order valence-corrected chi connectivity index (χ1v) is 15.6. The van der Waals surface area contributed by atoms with E-state index in [1.54, 1.807) is 0 Å².